The van der Waals surface area contributed by atoms with E-state index in [-0.39, 0.29) is 31.1 Å². The maximum atomic E-state index is 12.8. The lowest BCUT2D eigenvalue weighted by Gasteiger charge is -2.18. The summed E-state index contributed by atoms with van der Waals surface area (Å²) in [7, 11) is 0. The molecule has 0 radical (unpaired) electrons. The number of carbonyl (C=O) groups is 3. The molecule has 0 aromatic carbocycles. The minimum atomic E-state index is -0.796. The minimum absolute atomic E-state index is 0.0934. The molecule has 0 aliphatic heterocycles. The molecule has 6 nitrogen and oxygen atoms in total. The lowest BCUT2D eigenvalue weighted by molar-refractivity contribution is -0.167. The Balaban J connectivity index is 4.47. The van der Waals surface area contributed by atoms with Crippen molar-refractivity contribution in [3.63, 3.8) is 0 Å². The molecule has 0 heterocycles. The molecule has 0 amide bonds. The van der Waals surface area contributed by atoms with E-state index >= 15 is 0 Å². The molecule has 0 N–H and O–H groups in total. The van der Waals surface area contributed by atoms with Gasteiger partial charge in [0.15, 0.2) is 6.10 Å². The summed E-state index contributed by atoms with van der Waals surface area (Å²) in [5.74, 6) is -0.953. The zero-order valence-corrected chi connectivity index (χ0v) is 38.5. The largest absolute Gasteiger partial charge is 0.462 e. The molecule has 0 aliphatic rings. The number of esters is 3. The van der Waals surface area contributed by atoms with Crippen molar-refractivity contribution in [1.29, 1.82) is 0 Å². The highest BCUT2D eigenvalue weighted by molar-refractivity contribution is 5.71. The summed E-state index contributed by atoms with van der Waals surface area (Å²) >= 11 is 0. The highest BCUT2D eigenvalue weighted by atomic mass is 16.6. The average Bonchev–Trinajstić information content (AvgIpc) is 3.23. The topological polar surface area (TPSA) is 78.9 Å². The van der Waals surface area contributed by atoms with E-state index in [4.69, 9.17) is 14.2 Å². The molecule has 0 saturated heterocycles. The summed E-state index contributed by atoms with van der Waals surface area (Å²) in [6.45, 7) is 6.43. The summed E-state index contributed by atoms with van der Waals surface area (Å²) in [5, 5.41) is 0. The van der Waals surface area contributed by atoms with Crippen LogP contribution < -0.4 is 0 Å². The predicted molar refractivity (Wildman–Crippen MR) is 251 cm³/mol. The first-order valence-corrected chi connectivity index (χ1v) is 24.4. The Morgan fingerprint density at radius 3 is 1.10 bits per heavy atom. The second-order valence-electron chi connectivity index (χ2n) is 16.0. The molecular weight excluding hydrogens is 733 g/mol. The van der Waals surface area contributed by atoms with E-state index in [2.05, 4.69) is 93.7 Å². The van der Waals surface area contributed by atoms with Gasteiger partial charge in [-0.05, 0) is 89.9 Å². The first-order valence-electron chi connectivity index (χ1n) is 24.4. The number of rotatable bonds is 43. The predicted octanol–water partition coefficient (Wildman–Crippen LogP) is 15.9. The standard InChI is InChI=1S/C53H90O6/c1-4-7-10-13-16-19-22-24-26-28-31-34-37-40-43-46-52(55)58-49-50(48-57-51(54)45-42-39-36-33-30-21-18-15-12-9-6-3)59-53(56)47-44-41-38-35-32-29-27-25-23-20-17-14-11-8-5-2/h7,10,16-17,19-20,24-27,31,34,50H,4-6,8-9,11-15,18,21-23,28-30,32-33,35-49H2,1-3H3/b10-7-,19-16-,20-17-,26-24-,27-25-,34-31-/t50-/m0/s1. The van der Waals surface area contributed by atoms with E-state index < -0.39 is 6.10 Å². The van der Waals surface area contributed by atoms with Crippen molar-refractivity contribution >= 4 is 17.9 Å². The van der Waals surface area contributed by atoms with E-state index in [1.807, 2.05) is 0 Å². The van der Waals surface area contributed by atoms with Crippen LogP contribution in [0.2, 0.25) is 0 Å². The van der Waals surface area contributed by atoms with Gasteiger partial charge in [0.25, 0.3) is 0 Å². The fraction of sp³-hybridized carbons (Fsp3) is 0.717. The van der Waals surface area contributed by atoms with Crippen molar-refractivity contribution in [2.45, 2.75) is 232 Å². The number of allylic oxidation sites excluding steroid dienone is 12. The van der Waals surface area contributed by atoms with E-state index in [1.165, 1.54) is 77.0 Å². The Morgan fingerprint density at radius 1 is 0.356 bits per heavy atom. The number of hydrogen-bond acceptors (Lipinski definition) is 6. The van der Waals surface area contributed by atoms with Gasteiger partial charge < -0.3 is 14.2 Å². The molecule has 338 valence electrons. The first-order chi connectivity index (χ1) is 29.0. The summed E-state index contributed by atoms with van der Waals surface area (Å²) in [4.78, 5) is 37.8. The van der Waals surface area contributed by atoms with Gasteiger partial charge in [0.2, 0.25) is 0 Å². The van der Waals surface area contributed by atoms with Crippen molar-refractivity contribution in [2.24, 2.45) is 0 Å². The quantitative estimate of drug-likeness (QED) is 0.0264. The SMILES string of the molecule is CC/C=C\C/C=C\C/C=C\C/C=C\CCCCC(=O)OC[C@H](COC(=O)CCCCCCCCCCCCC)OC(=O)CCCCCCC/C=C\C/C=C\CCCCC. The number of carbonyl (C=O) groups excluding carboxylic acids is 3. The van der Waals surface area contributed by atoms with Crippen LogP contribution in [-0.4, -0.2) is 37.2 Å². The Hall–Kier alpha value is -3.15. The lowest BCUT2D eigenvalue weighted by Crippen LogP contribution is -2.30. The van der Waals surface area contributed by atoms with Gasteiger partial charge in [0.05, 0.1) is 0 Å². The molecule has 0 aromatic heterocycles. The monoisotopic (exact) mass is 823 g/mol. The van der Waals surface area contributed by atoms with Gasteiger partial charge in [-0.1, -0.05) is 190 Å². The van der Waals surface area contributed by atoms with Crippen molar-refractivity contribution in [3.05, 3.63) is 72.9 Å². The molecule has 6 heteroatoms. The molecule has 59 heavy (non-hydrogen) atoms. The smallest absolute Gasteiger partial charge is 0.306 e. The van der Waals surface area contributed by atoms with Crippen LogP contribution in [0.3, 0.4) is 0 Å². The van der Waals surface area contributed by atoms with Gasteiger partial charge in [-0.2, -0.15) is 0 Å². The number of hydrogen-bond donors (Lipinski definition) is 0. The summed E-state index contributed by atoms with van der Waals surface area (Å²) < 4.78 is 16.7. The third-order valence-electron chi connectivity index (χ3n) is 10.2. The maximum Gasteiger partial charge on any atom is 0.306 e. The van der Waals surface area contributed by atoms with Gasteiger partial charge >= 0.3 is 17.9 Å². The van der Waals surface area contributed by atoms with Gasteiger partial charge in [0, 0.05) is 19.3 Å². The van der Waals surface area contributed by atoms with Crippen LogP contribution in [0.4, 0.5) is 0 Å². The molecule has 0 aliphatic carbocycles. The van der Waals surface area contributed by atoms with Crippen LogP contribution in [0.1, 0.15) is 226 Å². The molecule has 0 spiro atoms. The zero-order valence-electron chi connectivity index (χ0n) is 38.5. The third kappa shape index (κ3) is 45.8. The molecular formula is C53H90O6. The Labute approximate surface area is 363 Å². The Kier molecular flexibility index (Phi) is 45.0. The highest BCUT2D eigenvalue weighted by Crippen LogP contribution is 2.14. The van der Waals surface area contributed by atoms with Crippen molar-refractivity contribution in [2.75, 3.05) is 13.2 Å². The molecule has 0 saturated carbocycles. The Morgan fingerprint density at radius 2 is 0.661 bits per heavy atom. The van der Waals surface area contributed by atoms with Gasteiger partial charge in [0.1, 0.15) is 13.2 Å². The number of ether oxygens (including phenoxy) is 3. The average molecular weight is 823 g/mol. The minimum Gasteiger partial charge on any atom is -0.462 e. The molecule has 0 bridgehead atoms. The summed E-state index contributed by atoms with van der Waals surface area (Å²) in [6.07, 6.45) is 58.8. The zero-order chi connectivity index (χ0) is 43.0. The van der Waals surface area contributed by atoms with E-state index in [9.17, 15) is 14.4 Å². The second kappa shape index (κ2) is 47.5. The molecule has 0 unspecified atom stereocenters. The second-order valence-corrected chi connectivity index (χ2v) is 16.0. The molecule has 0 rings (SSSR count). The lowest BCUT2D eigenvalue weighted by atomic mass is 10.1. The fourth-order valence-corrected chi connectivity index (χ4v) is 6.52. The third-order valence-corrected chi connectivity index (χ3v) is 10.2. The van der Waals surface area contributed by atoms with Crippen LogP contribution in [0.5, 0.6) is 0 Å². The van der Waals surface area contributed by atoms with Crippen molar-refractivity contribution < 1.29 is 28.6 Å². The van der Waals surface area contributed by atoms with Crippen molar-refractivity contribution in [1.82, 2.24) is 0 Å². The van der Waals surface area contributed by atoms with Crippen LogP contribution in [0, 0.1) is 0 Å². The fourth-order valence-electron chi connectivity index (χ4n) is 6.52. The van der Waals surface area contributed by atoms with E-state index in [0.717, 1.165) is 109 Å². The van der Waals surface area contributed by atoms with Crippen LogP contribution >= 0.6 is 0 Å². The van der Waals surface area contributed by atoms with Gasteiger partial charge in [-0.25, -0.2) is 0 Å². The van der Waals surface area contributed by atoms with Crippen LogP contribution in [0.15, 0.2) is 72.9 Å². The van der Waals surface area contributed by atoms with Gasteiger partial charge in [-0.3, -0.25) is 14.4 Å². The summed E-state index contributed by atoms with van der Waals surface area (Å²) in [6, 6.07) is 0. The van der Waals surface area contributed by atoms with Crippen molar-refractivity contribution in [3.8, 4) is 0 Å². The Bertz CT molecular complexity index is 1130. The number of unbranched alkanes of at least 4 members (excludes halogenated alkanes) is 20. The normalized spacial score (nSPS) is 12.7. The molecule has 0 fully saturated rings. The molecule has 0 aromatic rings. The molecule has 1 atom stereocenters. The van der Waals surface area contributed by atoms with Crippen LogP contribution in [-0.2, 0) is 28.6 Å². The maximum absolute atomic E-state index is 12.8. The highest BCUT2D eigenvalue weighted by Gasteiger charge is 2.19. The van der Waals surface area contributed by atoms with E-state index in [1.54, 1.807) is 0 Å². The first kappa shape index (κ1) is 55.9. The van der Waals surface area contributed by atoms with Crippen LogP contribution in [0.25, 0.3) is 0 Å². The van der Waals surface area contributed by atoms with E-state index in [0.29, 0.717) is 19.3 Å². The summed E-state index contributed by atoms with van der Waals surface area (Å²) in [5.41, 5.74) is 0. The van der Waals surface area contributed by atoms with Gasteiger partial charge in [-0.15, -0.1) is 0 Å².